The standard InChI is InChI=1S/C24H24N4O4/c1-4-31-22(29)17(3)32-24(23(30)27-18-11-7-5-8-12-18)16(2)20(15-25)21(26)28(24)19-13-9-6-10-14-19/h5-14,17H,2,4,26H2,1,3H3,(H,27,30). The van der Waals surface area contributed by atoms with E-state index in [-0.39, 0.29) is 23.6 Å². The average Bonchev–Trinajstić information content (AvgIpc) is 3.01. The number of esters is 1. The normalized spacial score (nSPS) is 18.8. The Balaban J connectivity index is 2.16. The van der Waals surface area contributed by atoms with Crippen molar-refractivity contribution in [2.45, 2.75) is 25.7 Å². The van der Waals surface area contributed by atoms with E-state index in [1.165, 1.54) is 11.8 Å². The predicted molar refractivity (Wildman–Crippen MR) is 120 cm³/mol. The first-order chi connectivity index (χ1) is 15.4. The number of nitrogens with two attached hydrogens (primary N) is 1. The molecule has 0 fully saturated rings. The number of hydrogen-bond acceptors (Lipinski definition) is 7. The third kappa shape index (κ3) is 3.94. The van der Waals surface area contributed by atoms with Crippen LogP contribution >= 0.6 is 0 Å². The van der Waals surface area contributed by atoms with Crippen molar-refractivity contribution in [1.29, 1.82) is 5.26 Å². The Hall–Kier alpha value is -4.09. The van der Waals surface area contributed by atoms with Gasteiger partial charge in [-0.1, -0.05) is 43.0 Å². The minimum absolute atomic E-state index is 0.00637. The van der Waals surface area contributed by atoms with Gasteiger partial charge in [-0.25, -0.2) is 4.79 Å². The highest BCUT2D eigenvalue weighted by Crippen LogP contribution is 2.44. The monoisotopic (exact) mass is 432 g/mol. The van der Waals surface area contributed by atoms with Gasteiger partial charge in [0.2, 0.25) is 0 Å². The van der Waals surface area contributed by atoms with Crippen molar-refractivity contribution < 1.29 is 19.1 Å². The van der Waals surface area contributed by atoms with Crippen LogP contribution in [0, 0.1) is 11.3 Å². The minimum atomic E-state index is -2.00. The van der Waals surface area contributed by atoms with E-state index < -0.39 is 23.7 Å². The van der Waals surface area contributed by atoms with Gasteiger partial charge in [-0.3, -0.25) is 9.69 Å². The summed E-state index contributed by atoms with van der Waals surface area (Å²) in [6.45, 7) is 7.24. The number of nitrogens with zero attached hydrogens (tertiary/aromatic N) is 2. The topological polar surface area (TPSA) is 118 Å². The molecule has 0 bridgehead atoms. The fraction of sp³-hybridized carbons (Fsp3) is 0.208. The van der Waals surface area contributed by atoms with Crippen LogP contribution in [0.5, 0.6) is 0 Å². The molecule has 0 radical (unpaired) electrons. The zero-order valence-corrected chi connectivity index (χ0v) is 17.9. The second-order valence-corrected chi connectivity index (χ2v) is 7.00. The lowest BCUT2D eigenvalue weighted by molar-refractivity contribution is -0.167. The number of anilines is 2. The molecule has 2 unspecified atom stereocenters. The molecule has 1 aliphatic rings. The fourth-order valence-electron chi connectivity index (χ4n) is 3.48. The number of rotatable bonds is 7. The Morgan fingerprint density at radius 3 is 2.34 bits per heavy atom. The lowest BCUT2D eigenvalue weighted by atomic mass is 9.98. The molecule has 0 saturated carbocycles. The first-order valence-corrected chi connectivity index (χ1v) is 10.0. The van der Waals surface area contributed by atoms with Crippen LogP contribution in [0.4, 0.5) is 11.4 Å². The van der Waals surface area contributed by atoms with Crippen molar-refractivity contribution in [3.05, 3.63) is 84.2 Å². The van der Waals surface area contributed by atoms with Crippen molar-refractivity contribution in [2.24, 2.45) is 5.73 Å². The van der Waals surface area contributed by atoms with Crippen LogP contribution in [0.3, 0.4) is 0 Å². The summed E-state index contributed by atoms with van der Waals surface area (Å²) in [6, 6.07) is 19.5. The van der Waals surface area contributed by atoms with Crippen LogP contribution < -0.4 is 16.0 Å². The Kier molecular flexibility index (Phi) is 6.61. The van der Waals surface area contributed by atoms with Crippen molar-refractivity contribution in [1.82, 2.24) is 0 Å². The van der Waals surface area contributed by atoms with Crippen LogP contribution in [0.1, 0.15) is 13.8 Å². The second kappa shape index (κ2) is 9.37. The summed E-state index contributed by atoms with van der Waals surface area (Å²) in [7, 11) is 0. The van der Waals surface area contributed by atoms with Crippen LogP contribution in [0.2, 0.25) is 0 Å². The van der Waals surface area contributed by atoms with Crippen LogP contribution in [-0.2, 0) is 19.1 Å². The molecule has 0 spiro atoms. The van der Waals surface area contributed by atoms with Gasteiger partial charge < -0.3 is 20.5 Å². The number of hydrogen-bond donors (Lipinski definition) is 2. The zero-order chi connectivity index (χ0) is 23.3. The molecule has 0 aliphatic carbocycles. The van der Waals surface area contributed by atoms with Crippen molar-refractivity contribution in [2.75, 3.05) is 16.8 Å². The van der Waals surface area contributed by atoms with Crippen LogP contribution in [0.15, 0.2) is 84.2 Å². The molecule has 3 rings (SSSR count). The number of ether oxygens (including phenoxy) is 2. The summed E-state index contributed by atoms with van der Waals surface area (Å²) in [5.41, 5.74) is 5.31. The van der Waals surface area contributed by atoms with Crippen molar-refractivity contribution in [3.63, 3.8) is 0 Å². The van der Waals surface area contributed by atoms with Gasteiger partial charge in [0.15, 0.2) is 6.10 Å². The lowest BCUT2D eigenvalue weighted by Gasteiger charge is -2.40. The molecule has 1 amide bonds. The highest BCUT2D eigenvalue weighted by Gasteiger charge is 2.57. The molecule has 32 heavy (non-hydrogen) atoms. The van der Waals surface area contributed by atoms with Gasteiger partial charge in [0.1, 0.15) is 17.5 Å². The van der Waals surface area contributed by atoms with E-state index in [1.54, 1.807) is 61.5 Å². The molecule has 8 nitrogen and oxygen atoms in total. The quantitative estimate of drug-likeness (QED) is 0.646. The summed E-state index contributed by atoms with van der Waals surface area (Å²) >= 11 is 0. The van der Waals surface area contributed by atoms with E-state index in [9.17, 15) is 14.9 Å². The van der Waals surface area contributed by atoms with Crippen LogP contribution in [0.25, 0.3) is 0 Å². The van der Waals surface area contributed by atoms with Gasteiger partial charge in [-0.15, -0.1) is 0 Å². The van der Waals surface area contributed by atoms with E-state index >= 15 is 0 Å². The molecule has 2 aromatic carbocycles. The largest absolute Gasteiger partial charge is 0.464 e. The number of para-hydroxylation sites is 2. The first kappa shape index (κ1) is 22.6. The van der Waals surface area contributed by atoms with Gasteiger partial charge in [-0.2, -0.15) is 5.26 Å². The van der Waals surface area contributed by atoms with Crippen molar-refractivity contribution >= 4 is 23.3 Å². The van der Waals surface area contributed by atoms with Gasteiger partial charge in [0.25, 0.3) is 11.6 Å². The van der Waals surface area contributed by atoms with E-state index in [1.807, 2.05) is 12.1 Å². The van der Waals surface area contributed by atoms with Gasteiger partial charge >= 0.3 is 5.97 Å². The summed E-state index contributed by atoms with van der Waals surface area (Å²) in [5.74, 6) is -1.34. The maximum Gasteiger partial charge on any atom is 0.335 e. The molecular weight excluding hydrogens is 408 g/mol. The molecule has 164 valence electrons. The van der Waals surface area contributed by atoms with Crippen molar-refractivity contribution in [3.8, 4) is 6.07 Å². The molecular formula is C24H24N4O4. The van der Waals surface area contributed by atoms with E-state index in [2.05, 4.69) is 11.9 Å². The number of nitriles is 1. The lowest BCUT2D eigenvalue weighted by Crippen LogP contribution is -2.59. The SMILES string of the molecule is C=C1C(C#N)=C(N)N(c2ccccc2)C1(OC(C)C(=O)OCC)C(=O)Nc1ccccc1. The predicted octanol–water partition coefficient (Wildman–Crippen LogP) is 3.06. The summed E-state index contributed by atoms with van der Waals surface area (Å²) in [4.78, 5) is 27.5. The molecule has 0 aromatic heterocycles. The number of carbonyl (C=O) groups is 2. The average molecular weight is 432 g/mol. The number of carbonyl (C=O) groups excluding carboxylic acids is 2. The Labute approximate surface area is 186 Å². The molecule has 1 aliphatic heterocycles. The van der Waals surface area contributed by atoms with E-state index in [4.69, 9.17) is 15.2 Å². The fourth-order valence-corrected chi connectivity index (χ4v) is 3.48. The number of benzene rings is 2. The van der Waals surface area contributed by atoms with E-state index in [0.29, 0.717) is 11.4 Å². The van der Waals surface area contributed by atoms with Gasteiger partial charge in [0.05, 0.1) is 6.61 Å². The maximum atomic E-state index is 13.8. The molecule has 0 saturated heterocycles. The maximum absolute atomic E-state index is 13.8. The Morgan fingerprint density at radius 1 is 1.19 bits per heavy atom. The number of amides is 1. The molecule has 1 heterocycles. The Morgan fingerprint density at radius 2 is 1.78 bits per heavy atom. The summed E-state index contributed by atoms with van der Waals surface area (Å²) in [6.07, 6.45) is -1.16. The van der Waals surface area contributed by atoms with E-state index in [0.717, 1.165) is 0 Å². The number of nitrogens with one attached hydrogen (secondary N) is 1. The molecule has 8 heteroatoms. The zero-order valence-electron chi connectivity index (χ0n) is 17.9. The van der Waals surface area contributed by atoms with Gasteiger partial charge in [-0.05, 0) is 38.1 Å². The summed E-state index contributed by atoms with van der Waals surface area (Å²) in [5, 5.41) is 12.5. The highest BCUT2D eigenvalue weighted by molar-refractivity contribution is 6.05. The third-order valence-corrected chi connectivity index (χ3v) is 4.95. The highest BCUT2D eigenvalue weighted by atomic mass is 16.6. The first-order valence-electron chi connectivity index (χ1n) is 10.0. The molecule has 2 atom stereocenters. The smallest absolute Gasteiger partial charge is 0.335 e. The van der Waals surface area contributed by atoms with Gasteiger partial charge in [0, 0.05) is 16.9 Å². The minimum Gasteiger partial charge on any atom is -0.464 e. The van der Waals surface area contributed by atoms with Crippen LogP contribution in [-0.4, -0.2) is 30.3 Å². The molecule has 3 N–H and O–H groups in total. The third-order valence-electron chi connectivity index (χ3n) is 4.95. The summed E-state index contributed by atoms with van der Waals surface area (Å²) < 4.78 is 11.2. The second-order valence-electron chi connectivity index (χ2n) is 7.00. The Bertz CT molecular complexity index is 1090. The molecule has 2 aromatic rings.